The lowest BCUT2D eigenvalue weighted by molar-refractivity contribution is 0.225. The number of likely N-dealkylation sites (tertiary alicyclic amines) is 1. The summed E-state index contributed by atoms with van der Waals surface area (Å²) in [6.07, 6.45) is 8.29. The first-order valence-electron chi connectivity index (χ1n) is 10.9. The van der Waals surface area contributed by atoms with E-state index >= 15 is 0 Å². The minimum absolute atomic E-state index is 0.109. The van der Waals surface area contributed by atoms with E-state index in [9.17, 15) is 4.79 Å². The van der Waals surface area contributed by atoms with Crippen molar-refractivity contribution in [2.75, 3.05) is 13.7 Å². The number of aromatic nitrogens is 4. The second-order valence-electron chi connectivity index (χ2n) is 8.26. The van der Waals surface area contributed by atoms with E-state index in [4.69, 9.17) is 9.72 Å². The Labute approximate surface area is 175 Å². The molecule has 0 amide bonds. The smallest absolute Gasteiger partial charge is 0.316 e. The number of hydrogen-bond donors (Lipinski definition) is 0. The lowest BCUT2D eigenvalue weighted by Gasteiger charge is -2.28. The Balaban J connectivity index is 1.56. The minimum Gasteiger partial charge on any atom is -0.467 e. The maximum atomic E-state index is 13.5. The van der Waals surface area contributed by atoms with E-state index in [1.54, 1.807) is 13.3 Å². The zero-order chi connectivity index (χ0) is 20.5. The van der Waals surface area contributed by atoms with Crippen LogP contribution in [0.1, 0.15) is 62.1 Å². The largest absolute Gasteiger partial charge is 0.467 e. The van der Waals surface area contributed by atoms with Crippen molar-refractivity contribution < 1.29 is 4.74 Å². The SMILES string of the molecule is COc1nccc(CN2CCCC2c2nc3ccccc3c(=O)n2C2CCCC2)n1. The Bertz CT molecular complexity index is 1110. The van der Waals surface area contributed by atoms with Gasteiger partial charge in [-0.1, -0.05) is 25.0 Å². The monoisotopic (exact) mass is 405 g/mol. The summed E-state index contributed by atoms with van der Waals surface area (Å²) >= 11 is 0. The highest BCUT2D eigenvalue weighted by molar-refractivity contribution is 5.77. The molecule has 1 aromatic carbocycles. The third kappa shape index (κ3) is 3.47. The molecule has 30 heavy (non-hydrogen) atoms. The maximum Gasteiger partial charge on any atom is 0.316 e. The molecule has 1 aliphatic heterocycles. The molecule has 5 rings (SSSR count). The van der Waals surface area contributed by atoms with Crippen LogP contribution in [0.15, 0.2) is 41.3 Å². The molecule has 7 heteroatoms. The topological polar surface area (TPSA) is 73.1 Å². The summed E-state index contributed by atoms with van der Waals surface area (Å²) < 4.78 is 7.21. The number of hydrogen-bond acceptors (Lipinski definition) is 6. The maximum absolute atomic E-state index is 13.5. The van der Waals surface area contributed by atoms with Crippen LogP contribution < -0.4 is 10.3 Å². The molecular weight excluding hydrogens is 378 g/mol. The number of nitrogens with zero attached hydrogens (tertiary/aromatic N) is 5. The van der Waals surface area contributed by atoms with Gasteiger partial charge >= 0.3 is 6.01 Å². The molecule has 0 radical (unpaired) electrons. The van der Waals surface area contributed by atoms with Gasteiger partial charge in [-0.2, -0.15) is 4.98 Å². The fourth-order valence-corrected chi connectivity index (χ4v) is 4.99. The molecule has 7 nitrogen and oxygen atoms in total. The van der Waals surface area contributed by atoms with E-state index in [0.717, 1.165) is 54.6 Å². The molecule has 1 aliphatic carbocycles. The molecule has 0 bridgehead atoms. The van der Waals surface area contributed by atoms with Gasteiger partial charge in [-0.25, -0.2) is 9.97 Å². The number of methoxy groups -OCH3 is 1. The molecule has 1 saturated heterocycles. The van der Waals surface area contributed by atoms with Gasteiger partial charge in [0.2, 0.25) is 0 Å². The van der Waals surface area contributed by atoms with Gasteiger partial charge in [0.25, 0.3) is 5.56 Å². The van der Waals surface area contributed by atoms with E-state index in [2.05, 4.69) is 14.9 Å². The average Bonchev–Trinajstić information content (AvgIpc) is 3.46. The van der Waals surface area contributed by atoms with Crippen LogP contribution in [0.25, 0.3) is 10.9 Å². The first-order chi connectivity index (χ1) is 14.7. The van der Waals surface area contributed by atoms with Gasteiger partial charge in [0, 0.05) is 18.8 Å². The van der Waals surface area contributed by atoms with Crippen molar-refractivity contribution >= 4 is 10.9 Å². The van der Waals surface area contributed by atoms with E-state index in [1.807, 2.05) is 34.9 Å². The predicted molar refractivity (Wildman–Crippen MR) is 114 cm³/mol. The van der Waals surface area contributed by atoms with E-state index < -0.39 is 0 Å². The lowest BCUT2D eigenvalue weighted by atomic mass is 10.1. The minimum atomic E-state index is 0.109. The molecule has 0 N–H and O–H groups in total. The van der Waals surface area contributed by atoms with Crippen molar-refractivity contribution in [2.24, 2.45) is 0 Å². The molecule has 1 unspecified atom stereocenters. The van der Waals surface area contributed by atoms with Gasteiger partial charge in [0.05, 0.1) is 29.7 Å². The van der Waals surface area contributed by atoms with Crippen molar-refractivity contribution in [3.05, 3.63) is 58.4 Å². The molecule has 2 aliphatic rings. The second-order valence-corrected chi connectivity index (χ2v) is 8.26. The summed E-state index contributed by atoms with van der Waals surface area (Å²) in [7, 11) is 1.58. The van der Waals surface area contributed by atoms with E-state index in [1.165, 1.54) is 12.8 Å². The molecule has 2 aromatic heterocycles. The van der Waals surface area contributed by atoms with E-state index in [-0.39, 0.29) is 17.6 Å². The van der Waals surface area contributed by atoms with Gasteiger partial charge in [0.1, 0.15) is 5.82 Å². The summed E-state index contributed by atoms with van der Waals surface area (Å²) in [6.45, 7) is 1.65. The van der Waals surface area contributed by atoms with Crippen LogP contribution in [0.5, 0.6) is 6.01 Å². The predicted octanol–water partition coefficient (Wildman–Crippen LogP) is 3.65. The number of benzene rings is 1. The zero-order valence-electron chi connectivity index (χ0n) is 17.3. The Morgan fingerprint density at radius 1 is 1.07 bits per heavy atom. The zero-order valence-corrected chi connectivity index (χ0v) is 17.3. The van der Waals surface area contributed by atoms with Gasteiger partial charge in [-0.15, -0.1) is 0 Å². The normalized spacial score (nSPS) is 20.2. The van der Waals surface area contributed by atoms with Gasteiger partial charge in [-0.3, -0.25) is 14.3 Å². The van der Waals surface area contributed by atoms with Gasteiger partial charge in [0.15, 0.2) is 0 Å². The molecule has 2 fully saturated rings. The number of para-hydroxylation sites is 1. The first-order valence-corrected chi connectivity index (χ1v) is 10.9. The van der Waals surface area contributed by atoms with Crippen molar-refractivity contribution in [3.63, 3.8) is 0 Å². The highest BCUT2D eigenvalue weighted by Gasteiger charge is 2.33. The van der Waals surface area contributed by atoms with Crippen molar-refractivity contribution in [1.82, 2.24) is 24.4 Å². The van der Waals surface area contributed by atoms with Crippen molar-refractivity contribution in [1.29, 1.82) is 0 Å². The molecule has 3 heterocycles. The van der Waals surface area contributed by atoms with Crippen LogP contribution in [0.2, 0.25) is 0 Å². The van der Waals surface area contributed by atoms with Crippen LogP contribution >= 0.6 is 0 Å². The lowest BCUT2D eigenvalue weighted by Crippen LogP contribution is -2.34. The van der Waals surface area contributed by atoms with Crippen molar-refractivity contribution in [2.45, 2.75) is 57.2 Å². The number of fused-ring (bicyclic) bond motifs is 1. The molecular formula is C23H27N5O2. The number of ether oxygens (including phenoxy) is 1. The quantitative estimate of drug-likeness (QED) is 0.645. The highest BCUT2D eigenvalue weighted by atomic mass is 16.5. The molecule has 3 aromatic rings. The standard InChI is InChI=1S/C23H27N5O2/c1-30-23-24-13-12-16(25-23)15-27-14-6-11-20(27)21-26-19-10-5-4-9-18(19)22(29)28(21)17-7-2-3-8-17/h4-5,9-10,12-13,17,20H,2-3,6-8,11,14-15H2,1H3. The fourth-order valence-electron chi connectivity index (χ4n) is 4.99. The summed E-state index contributed by atoms with van der Waals surface area (Å²) in [5.74, 6) is 0.920. The molecule has 156 valence electrons. The third-order valence-electron chi connectivity index (χ3n) is 6.43. The summed E-state index contributed by atoms with van der Waals surface area (Å²) in [4.78, 5) is 29.6. The van der Waals surface area contributed by atoms with Crippen molar-refractivity contribution in [3.8, 4) is 6.01 Å². The van der Waals surface area contributed by atoms with E-state index in [0.29, 0.717) is 12.6 Å². The van der Waals surface area contributed by atoms with Gasteiger partial charge < -0.3 is 4.74 Å². The summed E-state index contributed by atoms with van der Waals surface area (Å²) in [5.41, 5.74) is 1.82. The fraction of sp³-hybridized carbons (Fsp3) is 0.478. The Morgan fingerprint density at radius 2 is 1.90 bits per heavy atom. The summed E-state index contributed by atoms with van der Waals surface area (Å²) in [6, 6.07) is 10.4. The molecule has 0 spiro atoms. The van der Waals surface area contributed by atoms with Crippen LogP contribution in [-0.4, -0.2) is 38.1 Å². The first kappa shape index (κ1) is 19.2. The molecule has 1 saturated carbocycles. The van der Waals surface area contributed by atoms with Crippen LogP contribution in [0.3, 0.4) is 0 Å². The van der Waals surface area contributed by atoms with Crippen LogP contribution in [0, 0.1) is 0 Å². The Morgan fingerprint density at radius 3 is 2.73 bits per heavy atom. The third-order valence-corrected chi connectivity index (χ3v) is 6.43. The molecule has 1 atom stereocenters. The average molecular weight is 406 g/mol. The Kier molecular flexibility index (Phi) is 5.21. The highest BCUT2D eigenvalue weighted by Crippen LogP contribution is 2.36. The van der Waals surface area contributed by atoms with Crippen LogP contribution in [0.4, 0.5) is 0 Å². The number of rotatable bonds is 5. The Hall–Kier alpha value is -2.80. The van der Waals surface area contributed by atoms with Crippen LogP contribution in [-0.2, 0) is 6.54 Å². The van der Waals surface area contributed by atoms with Gasteiger partial charge in [-0.05, 0) is 50.4 Å². The second kappa shape index (κ2) is 8.14. The summed E-state index contributed by atoms with van der Waals surface area (Å²) in [5, 5.41) is 0.721.